The quantitative estimate of drug-likeness (QED) is 0.341. The largest absolute Gasteiger partial charge is 0.496 e. The molecule has 1 aromatic heterocycles. The van der Waals surface area contributed by atoms with Crippen molar-refractivity contribution in [3.05, 3.63) is 105 Å². The molecule has 0 spiro atoms. The van der Waals surface area contributed by atoms with Gasteiger partial charge in [0.25, 0.3) is 5.56 Å². The van der Waals surface area contributed by atoms with Gasteiger partial charge >= 0.3 is 0 Å². The first kappa shape index (κ1) is 27.7. The summed E-state index contributed by atoms with van der Waals surface area (Å²) in [5.41, 5.74) is 4.33. The van der Waals surface area contributed by atoms with E-state index >= 15 is 0 Å². The average molecular weight is 533 g/mol. The van der Waals surface area contributed by atoms with Crippen LogP contribution in [0.2, 0.25) is 0 Å². The Kier molecular flexibility index (Phi) is 9.12. The Morgan fingerprint density at radius 1 is 0.921 bits per heavy atom. The number of aromatic amines is 1. The summed E-state index contributed by atoms with van der Waals surface area (Å²) >= 11 is 5.53. The van der Waals surface area contributed by atoms with E-state index in [1.54, 1.807) is 11.7 Å². The zero-order valence-corrected chi connectivity index (χ0v) is 22.8. The number of aromatic nitrogens is 2. The van der Waals surface area contributed by atoms with Crippen molar-refractivity contribution in [1.82, 2.24) is 19.4 Å². The zero-order chi connectivity index (χ0) is 25.8. The van der Waals surface area contributed by atoms with Gasteiger partial charge in [-0.05, 0) is 60.9 Å². The Bertz CT molecular complexity index is 1420. The third-order valence-electron chi connectivity index (χ3n) is 7.36. The highest BCUT2D eigenvalue weighted by Gasteiger charge is 2.26. The zero-order valence-electron chi connectivity index (χ0n) is 22.0. The van der Waals surface area contributed by atoms with Crippen molar-refractivity contribution in [3.63, 3.8) is 0 Å². The Morgan fingerprint density at radius 3 is 2.11 bits per heavy atom. The van der Waals surface area contributed by atoms with E-state index in [-0.39, 0.29) is 17.1 Å². The number of hydrogen-bond acceptors (Lipinski definition) is 5. The summed E-state index contributed by atoms with van der Waals surface area (Å²) in [5, 5.41) is 0.609. The Balaban J connectivity index is 0.00000336. The first-order valence-electron chi connectivity index (χ1n) is 12.9. The second-order valence-electron chi connectivity index (χ2n) is 9.71. The molecular weight excluding hydrogens is 496 g/mol. The van der Waals surface area contributed by atoms with Gasteiger partial charge in [0.2, 0.25) is 0 Å². The lowest BCUT2D eigenvalue weighted by molar-refractivity contribution is 0.107. The van der Waals surface area contributed by atoms with E-state index in [2.05, 4.69) is 75.4 Å². The van der Waals surface area contributed by atoms with Gasteiger partial charge in [0.15, 0.2) is 4.77 Å². The number of H-pyrrole nitrogens is 1. The number of nitrogens with one attached hydrogen (secondary N) is 1. The molecule has 0 saturated carbocycles. The van der Waals surface area contributed by atoms with Gasteiger partial charge in [-0.3, -0.25) is 14.3 Å². The molecule has 8 heteroatoms. The smallest absolute Gasteiger partial charge is 0.262 e. The number of methoxy groups -OCH3 is 1. The molecule has 2 heterocycles. The second-order valence-corrected chi connectivity index (χ2v) is 10.1. The van der Waals surface area contributed by atoms with Gasteiger partial charge in [-0.1, -0.05) is 60.7 Å². The molecule has 5 rings (SSSR count). The van der Waals surface area contributed by atoms with Gasteiger partial charge in [-0.25, -0.2) is 0 Å². The van der Waals surface area contributed by atoms with Crippen LogP contribution in [0.25, 0.3) is 10.9 Å². The fourth-order valence-corrected chi connectivity index (χ4v) is 5.68. The highest BCUT2D eigenvalue weighted by molar-refractivity contribution is 7.71. The molecule has 3 aromatic carbocycles. The van der Waals surface area contributed by atoms with E-state index in [9.17, 15) is 4.79 Å². The fourth-order valence-electron chi connectivity index (χ4n) is 5.39. The summed E-state index contributed by atoms with van der Waals surface area (Å²) in [6.07, 6.45) is 0.868. The first-order valence-corrected chi connectivity index (χ1v) is 13.3. The van der Waals surface area contributed by atoms with Crippen LogP contribution >= 0.6 is 12.2 Å². The highest BCUT2D eigenvalue weighted by atomic mass is 32.1. The van der Waals surface area contributed by atoms with Crippen LogP contribution in [0, 0.1) is 11.7 Å². The van der Waals surface area contributed by atoms with Crippen molar-refractivity contribution < 1.29 is 10.2 Å². The molecular formula is C30H36N4O3S. The molecule has 0 radical (unpaired) electrons. The Labute approximate surface area is 228 Å². The average Bonchev–Trinajstić information content (AvgIpc) is 2.92. The van der Waals surface area contributed by atoms with Crippen LogP contribution in [0.1, 0.15) is 29.2 Å². The van der Waals surface area contributed by atoms with E-state index in [1.165, 1.54) is 11.1 Å². The lowest BCUT2D eigenvalue weighted by Gasteiger charge is -2.39. The summed E-state index contributed by atoms with van der Waals surface area (Å²) in [5.74, 6) is 0.712. The van der Waals surface area contributed by atoms with Crippen molar-refractivity contribution in [2.45, 2.75) is 25.9 Å². The number of ether oxygens (including phenoxy) is 1. The maximum atomic E-state index is 13.2. The predicted molar refractivity (Wildman–Crippen MR) is 156 cm³/mol. The molecule has 7 nitrogen and oxygen atoms in total. The van der Waals surface area contributed by atoms with Crippen LogP contribution in [0.4, 0.5) is 0 Å². The molecule has 0 amide bonds. The van der Waals surface area contributed by atoms with Crippen LogP contribution < -0.4 is 10.3 Å². The molecule has 38 heavy (non-hydrogen) atoms. The van der Waals surface area contributed by atoms with Crippen molar-refractivity contribution in [1.29, 1.82) is 0 Å². The normalized spacial score (nSPS) is 14.5. The molecule has 200 valence electrons. The van der Waals surface area contributed by atoms with Crippen LogP contribution in [-0.4, -0.2) is 64.7 Å². The molecule has 1 saturated heterocycles. The van der Waals surface area contributed by atoms with E-state index in [1.807, 2.05) is 19.1 Å². The third kappa shape index (κ3) is 5.89. The monoisotopic (exact) mass is 532 g/mol. The van der Waals surface area contributed by atoms with Crippen LogP contribution in [0.15, 0.2) is 77.6 Å². The standard InChI is InChI=1S/C30H34N4O2S.H2O/c1-22-20-26-25(21-27(22)36-2)29(35)34(30(37)31-26)15-9-14-32-16-18-33(19-17-32)28(23-10-5-3-6-11-23)24-12-7-4-8-13-24;/h3-8,10-13,20-21,28H,9,14-19H2,1-2H3,(H,31,37);1H2. The Morgan fingerprint density at radius 2 is 1.53 bits per heavy atom. The van der Waals surface area contributed by atoms with Crippen LogP contribution in [0.3, 0.4) is 0 Å². The fraction of sp³-hybridized carbons (Fsp3) is 0.333. The summed E-state index contributed by atoms with van der Waals surface area (Å²) < 4.78 is 7.58. The van der Waals surface area contributed by atoms with E-state index in [0.717, 1.165) is 50.2 Å². The number of piperazine rings is 1. The minimum Gasteiger partial charge on any atom is -0.496 e. The van der Waals surface area contributed by atoms with Gasteiger partial charge < -0.3 is 20.1 Å². The van der Waals surface area contributed by atoms with Gasteiger partial charge in [-0.2, -0.15) is 0 Å². The Hall–Kier alpha value is -3.30. The van der Waals surface area contributed by atoms with E-state index in [4.69, 9.17) is 17.0 Å². The number of fused-ring (bicyclic) bond motifs is 1. The molecule has 1 aliphatic rings. The van der Waals surface area contributed by atoms with E-state index < -0.39 is 0 Å². The van der Waals surface area contributed by atoms with Crippen molar-refractivity contribution in [3.8, 4) is 5.75 Å². The van der Waals surface area contributed by atoms with Crippen molar-refractivity contribution in [2.24, 2.45) is 0 Å². The van der Waals surface area contributed by atoms with Crippen molar-refractivity contribution >= 4 is 23.1 Å². The summed E-state index contributed by atoms with van der Waals surface area (Å²) in [6, 6.07) is 25.6. The predicted octanol–water partition coefficient (Wildman–Crippen LogP) is 4.35. The van der Waals surface area contributed by atoms with Gasteiger partial charge in [0.1, 0.15) is 5.75 Å². The molecule has 3 N–H and O–H groups in total. The molecule has 0 aliphatic carbocycles. The molecule has 1 aliphatic heterocycles. The lowest BCUT2D eigenvalue weighted by atomic mass is 9.96. The summed E-state index contributed by atoms with van der Waals surface area (Å²) in [7, 11) is 1.62. The van der Waals surface area contributed by atoms with E-state index in [0.29, 0.717) is 22.5 Å². The summed E-state index contributed by atoms with van der Waals surface area (Å²) in [4.78, 5) is 21.5. The minimum atomic E-state index is -0.0598. The van der Waals surface area contributed by atoms with Gasteiger partial charge in [0.05, 0.1) is 24.1 Å². The molecule has 4 aromatic rings. The van der Waals surface area contributed by atoms with Crippen molar-refractivity contribution in [2.75, 3.05) is 39.8 Å². The molecule has 0 bridgehead atoms. The SMILES string of the molecule is COc1cc2c(=O)n(CCCN3CCN(C(c4ccccc4)c4ccccc4)CC3)c(=S)[nH]c2cc1C.O. The number of hydrogen-bond donors (Lipinski definition) is 1. The van der Waals surface area contributed by atoms with Crippen LogP contribution in [0.5, 0.6) is 5.75 Å². The molecule has 1 fully saturated rings. The van der Waals surface area contributed by atoms with Gasteiger partial charge in [-0.15, -0.1) is 0 Å². The highest BCUT2D eigenvalue weighted by Crippen LogP contribution is 2.29. The molecule has 0 unspecified atom stereocenters. The topological polar surface area (TPSA) is 85.0 Å². The number of nitrogens with zero attached hydrogens (tertiary/aromatic N) is 3. The number of benzene rings is 3. The maximum Gasteiger partial charge on any atom is 0.262 e. The minimum absolute atomic E-state index is 0. The molecule has 0 atom stereocenters. The van der Waals surface area contributed by atoms with Crippen LogP contribution in [-0.2, 0) is 6.54 Å². The first-order chi connectivity index (χ1) is 18.0. The third-order valence-corrected chi connectivity index (χ3v) is 7.68. The number of rotatable bonds is 8. The summed E-state index contributed by atoms with van der Waals surface area (Å²) in [6.45, 7) is 7.51. The number of aryl methyl sites for hydroxylation is 1. The second kappa shape index (κ2) is 12.5. The van der Waals surface area contributed by atoms with Gasteiger partial charge in [0, 0.05) is 32.7 Å². The maximum absolute atomic E-state index is 13.2. The lowest BCUT2D eigenvalue weighted by Crippen LogP contribution is -2.48.